The molecule has 0 aromatic heterocycles. The summed E-state index contributed by atoms with van der Waals surface area (Å²) in [7, 11) is 0.650. The van der Waals surface area contributed by atoms with Crippen molar-refractivity contribution >= 4 is 21.9 Å². The molecule has 150 valence electrons. The predicted molar refractivity (Wildman–Crippen MR) is 102 cm³/mol. The van der Waals surface area contributed by atoms with Crippen molar-refractivity contribution in [1.82, 2.24) is 9.62 Å². The highest BCUT2D eigenvalue weighted by atomic mass is 32.2. The van der Waals surface area contributed by atoms with Gasteiger partial charge >= 0.3 is 5.97 Å². The number of para-hydroxylation sites is 1. The fourth-order valence-corrected chi connectivity index (χ4v) is 3.25. The number of esters is 1. The van der Waals surface area contributed by atoms with Crippen LogP contribution >= 0.6 is 0 Å². The largest absolute Gasteiger partial charge is 0.496 e. The van der Waals surface area contributed by atoms with Gasteiger partial charge < -0.3 is 14.8 Å². The van der Waals surface area contributed by atoms with Crippen LogP contribution in [0.2, 0.25) is 0 Å². The second-order valence-corrected chi connectivity index (χ2v) is 8.13. The Labute approximate surface area is 164 Å². The summed E-state index contributed by atoms with van der Waals surface area (Å²) in [6.45, 7) is -0.268. The van der Waals surface area contributed by atoms with Gasteiger partial charge in [-0.05, 0) is 24.3 Å². The Bertz CT molecular complexity index is 956. The normalized spacial score (nSPS) is 11.1. The minimum atomic E-state index is -3.68. The van der Waals surface area contributed by atoms with E-state index in [1.807, 2.05) is 18.2 Å². The van der Waals surface area contributed by atoms with E-state index < -0.39 is 28.5 Å². The molecular weight excluding hydrogens is 384 g/mol. The van der Waals surface area contributed by atoms with Crippen molar-refractivity contribution in [2.45, 2.75) is 11.4 Å². The summed E-state index contributed by atoms with van der Waals surface area (Å²) in [5, 5.41) is 2.63. The highest BCUT2D eigenvalue weighted by molar-refractivity contribution is 7.89. The van der Waals surface area contributed by atoms with Gasteiger partial charge in [-0.15, -0.1) is 0 Å². The van der Waals surface area contributed by atoms with Gasteiger partial charge in [0.2, 0.25) is 10.0 Å². The van der Waals surface area contributed by atoms with Gasteiger partial charge in [0.25, 0.3) is 5.91 Å². The number of sulfonamides is 1. The van der Waals surface area contributed by atoms with Gasteiger partial charge in [-0.25, -0.2) is 17.5 Å². The van der Waals surface area contributed by atoms with Crippen molar-refractivity contribution in [2.24, 2.45) is 0 Å². The molecule has 0 spiro atoms. The second kappa shape index (κ2) is 9.34. The summed E-state index contributed by atoms with van der Waals surface area (Å²) >= 11 is 0. The number of hydrogen-bond donors (Lipinski definition) is 1. The zero-order valence-corrected chi connectivity index (χ0v) is 16.7. The van der Waals surface area contributed by atoms with Crippen LogP contribution in [0.4, 0.5) is 0 Å². The molecular formula is C19H22N2O6S. The van der Waals surface area contributed by atoms with Crippen LogP contribution < -0.4 is 10.1 Å². The first kappa shape index (κ1) is 21.4. The van der Waals surface area contributed by atoms with E-state index in [1.54, 1.807) is 6.07 Å². The standard InChI is InChI=1S/C19H22N2O6S/c1-21(2)28(24,25)16-9-6-8-14(11-16)19(23)27-13-18(22)20-12-15-7-4-5-10-17(15)26-3/h4-11H,12-13H2,1-3H3,(H,20,22). The van der Waals surface area contributed by atoms with E-state index in [4.69, 9.17) is 9.47 Å². The Morgan fingerprint density at radius 3 is 2.46 bits per heavy atom. The van der Waals surface area contributed by atoms with Crippen LogP contribution in [-0.4, -0.2) is 52.4 Å². The third-order valence-corrected chi connectivity index (χ3v) is 5.66. The van der Waals surface area contributed by atoms with Gasteiger partial charge in [0.15, 0.2) is 6.61 Å². The van der Waals surface area contributed by atoms with Crippen LogP contribution in [0.1, 0.15) is 15.9 Å². The van der Waals surface area contributed by atoms with E-state index >= 15 is 0 Å². The number of benzene rings is 2. The first-order chi connectivity index (χ1) is 13.3. The molecule has 0 aliphatic carbocycles. The van der Waals surface area contributed by atoms with Crippen molar-refractivity contribution in [2.75, 3.05) is 27.8 Å². The third-order valence-electron chi connectivity index (χ3n) is 3.85. The lowest BCUT2D eigenvalue weighted by Gasteiger charge is -2.12. The number of hydrogen-bond acceptors (Lipinski definition) is 6. The summed E-state index contributed by atoms with van der Waals surface area (Å²) < 4.78 is 35.5. The summed E-state index contributed by atoms with van der Waals surface area (Å²) in [6.07, 6.45) is 0. The van der Waals surface area contributed by atoms with E-state index in [0.717, 1.165) is 9.87 Å². The number of methoxy groups -OCH3 is 1. The van der Waals surface area contributed by atoms with Gasteiger partial charge in [-0.2, -0.15) is 0 Å². The molecule has 2 aromatic carbocycles. The molecule has 0 aliphatic rings. The van der Waals surface area contributed by atoms with Crippen LogP contribution in [0.3, 0.4) is 0 Å². The van der Waals surface area contributed by atoms with Crippen LogP contribution in [-0.2, 0) is 26.1 Å². The van der Waals surface area contributed by atoms with Gasteiger partial charge in [0.1, 0.15) is 5.75 Å². The number of rotatable bonds is 8. The molecule has 0 bridgehead atoms. The Hall–Kier alpha value is -2.91. The highest BCUT2D eigenvalue weighted by Crippen LogP contribution is 2.17. The fourth-order valence-electron chi connectivity index (χ4n) is 2.30. The van der Waals surface area contributed by atoms with E-state index in [9.17, 15) is 18.0 Å². The van der Waals surface area contributed by atoms with Crippen molar-refractivity contribution in [3.63, 3.8) is 0 Å². The fraction of sp³-hybridized carbons (Fsp3) is 0.263. The Kier molecular flexibility index (Phi) is 7.13. The van der Waals surface area contributed by atoms with Gasteiger partial charge in [-0.1, -0.05) is 24.3 Å². The smallest absolute Gasteiger partial charge is 0.338 e. The number of nitrogens with one attached hydrogen (secondary N) is 1. The van der Waals surface area contributed by atoms with E-state index in [2.05, 4.69) is 5.32 Å². The molecule has 2 aromatic rings. The molecule has 1 N–H and O–H groups in total. The molecule has 0 unspecified atom stereocenters. The first-order valence-electron chi connectivity index (χ1n) is 8.34. The number of carbonyl (C=O) groups excluding carboxylic acids is 2. The molecule has 0 radical (unpaired) electrons. The highest BCUT2D eigenvalue weighted by Gasteiger charge is 2.19. The van der Waals surface area contributed by atoms with Crippen molar-refractivity contribution in [1.29, 1.82) is 0 Å². The van der Waals surface area contributed by atoms with Crippen LogP contribution in [0, 0.1) is 0 Å². The quantitative estimate of drug-likeness (QED) is 0.665. The summed E-state index contributed by atoms with van der Waals surface area (Å²) in [5.74, 6) is -0.640. The SMILES string of the molecule is COc1ccccc1CNC(=O)COC(=O)c1cccc(S(=O)(=O)N(C)C)c1. The Morgan fingerprint density at radius 2 is 1.79 bits per heavy atom. The van der Waals surface area contributed by atoms with Crippen LogP contribution in [0.15, 0.2) is 53.4 Å². The van der Waals surface area contributed by atoms with Crippen LogP contribution in [0.25, 0.3) is 0 Å². The van der Waals surface area contributed by atoms with E-state index in [-0.39, 0.29) is 17.0 Å². The first-order valence-corrected chi connectivity index (χ1v) is 9.78. The molecule has 0 heterocycles. The maximum atomic E-state index is 12.1. The lowest BCUT2D eigenvalue weighted by molar-refractivity contribution is -0.124. The molecule has 0 fully saturated rings. The lowest BCUT2D eigenvalue weighted by atomic mass is 10.2. The maximum absolute atomic E-state index is 12.1. The molecule has 0 saturated carbocycles. The average molecular weight is 406 g/mol. The molecule has 0 saturated heterocycles. The molecule has 28 heavy (non-hydrogen) atoms. The van der Waals surface area contributed by atoms with Gasteiger partial charge in [0.05, 0.1) is 17.6 Å². The second-order valence-electron chi connectivity index (χ2n) is 5.98. The molecule has 2 rings (SSSR count). The zero-order chi connectivity index (χ0) is 20.7. The van der Waals surface area contributed by atoms with Crippen molar-refractivity contribution < 1.29 is 27.5 Å². The number of nitrogens with zero attached hydrogens (tertiary/aromatic N) is 1. The van der Waals surface area contributed by atoms with Gasteiger partial charge in [-0.3, -0.25) is 4.79 Å². The predicted octanol–water partition coefficient (Wildman–Crippen LogP) is 1.42. The van der Waals surface area contributed by atoms with E-state index in [1.165, 1.54) is 45.5 Å². The topological polar surface area (TPSA) is 102 Å². The summed E-state index contributed by atoms with van der Waals surface area (Å²) in [5.41, 5.74) is 0.826. The number of carbonyl (C=O) groups is 2. The molecule has 0 atom stereocenters. The summed E-state index contributed by atoms with van der Waals surface area (Å²) in [6, 6.07) is 12.7. The van der Waals surface area contributed by atoms with Crippen LogP contribution in [0.5, 0.6) is 5.75 Å². The minimum absolute atomic E-state index is 0.0347. The van der Waals surface area contributed by atoms with Crippen molar-refractivity contribution in [3.05, 3.63) is 59.7 Å². The number of ether oxygens (including phenoxy) is 2. The van der Waals surface area contributed by atoms with E-state index in [0.29, 0.717) is 5.75 Å². The van der Waals surface area contributed by atoms with Gasteiger partial charge in [0, 0.05) is 26.2 Å². The minimum Gasteiger partial charge on any atom is -0.496 e. The zero-order valence-electron chi connectivity index (χ0n) is 15.8. The molecule has 8 nitrogen and oxygen atoms in total. The molecule has 0 aliphatic heterocycles. The van der Waals surface area contributed by atoms with Crippen molar-refractivity contribution in [3.8, 4) is 5.75 Å². The summed E-state index contributed by atoms with van der Waals surface area (Å²) in [4.78, 5) is 24.0. The Morgan fingerprint density at radius 1 is 1.07 bits per heavy atom. The molecule has 9 heteroatoms. The maximum Gasteiger partial charge on any atom is 0.338 e. The Balaban J connectivity index is 1.94. The molecule has 1 amide bonds. The number of amides is 1. The third kappa shape index (κ3) is 5.30. The monoisotopic (exact) mass is 406 g/mol. The average Bonchev–Trinajstić information content (AvgIpc) is 2.70. The lowest BCUT2D eigenvalue weighted by Crippen LogP contribution is -2.28.